The molecular weight excluding hydrogens is 445 g/mol. The van der Waals surface area contributed by atoms with Crippen LogP contribution in [0.5, 0.6) is 0 Å². The van der Waals surface area contributed by atoms with E-state index in [1.165, 1.54) is 0 Å². The molecule has 0 bridgehead atoms. The maximum absolute atomic E-state index is 12.7. The Balaban J connectivity index is 1.42. The second-order valence-electron chi connectivity index (χ2n) is 7.96. The van der Waals surface area contributed by atoms with Crippen LogP contribution < -0.4 is 5.32 Å². The van der Waals surface area contributed by atoms with Crippen molar-refractivity contribution in [2.45, 2.75) is 13.0 Å². The number of ketones is 1. The van der Waals surface area contributed by atoms with Crippen LogP contribution in [0.1, 0.15) is 21.6 Å². The highest BCUT2D eigenvalue weighted by atomic mass is 35.5. The molecule has 0 radical (unpaired) electrons. The van der Waals surface area contributed by atoms with Gasteiger partial charge in [-0.1, -0.05) is 35.3 Å². The van der Waals surface area contributed by atoms with Crippen molar-refractivity contribution in [2.24, 2.45) is 0 Å². The van der Waals surface area contributed by atoms with Gasteiger partial charge in [-0.2, -0.15) is 0 Å². The number of halogens is 2. The largest absolute Gasteiger partial charge is 0.325 e. The molecule has 0 aliphatic carbocycles. The van der Waals surface area contributed by atoms with E-state index in [9.17, 15) is 4.79 Å². The normalized spacial score (nSPS) is 15.0. The fraction of sp³-hybridized carbons (Fsp3) is 0.292. The number of benzene rings is 1. The number of nitrogens with one attached hydrogen (secondary N) is 1. The first-order chi connectivity index (χ1) is 15.5. The Bertz CT molecular complexity index is 1080. The first-order valence-corrected chi connectivity index (χ1v) is 11.3. The number of piperazine rings is 1. The van der Waals surface area contributed by atoms with Crippen LogP contribution in [0.2, 0.25) is 10.0 Å². The molecule has 3 heterocycles. The monoisotopic (exact) mass is 469 g/mol. The zero-order valence-electron chi connectivity index (χ0n) is 17.9. The van der Waals surface area contributed by atoms with Crippen LogP contribution in [0.15, 0.2) is 54.7 Å². The van der Waals surface area contributed by atoms with E-state index >= 15 is 0 Å². The van der Waals surface area contributed by atoms with Gasteiger partial charge in [-0.15, -0.1) is 0 Å². The summed E-state index contributed by atoms with van der Waals surface area (Å²) < 4.78 is 0. The van der Waals surface area contributed by atoms with Gasteiger partial charge in [-0.3, -0.25) is 9.69 Å². The van der Waals surface area contributed by atoms with E-state index < -0.39 is 0 Å². The van der Waals surface area contributed by atoms with Gasteiger partial charge in [-0.25, -0.2) is 9.97 Å². The van der Waals surface area contributed by atoms with Gasteiger partial charge in [0.05, 0.1) is 21.3 Å². The van der Waals surface area contributed by atoms with Crippen molar-refractivity contribution in [1.82, 2.24) is 19.8 Å². The first-order valence-electron chi connectivity index (χ1n) is 10.5. The molecule has 6 nitrogen and oxygen atoms in total. The molecule has 1 aliphatic rings. The predicted octanol–water partition coefficient (Wildman–Crippen LogP) is 4.70. The number of pyridine rings is 2. The van der Waals surface area contributed by atoms with Gasteiger partial charge in [-0.05, 0) is 49.0 Å². The van der Waals surface area contributed by atoms with Gasteiger partial charge in [0, 0.05) is 45.3 Å². The standard InChI is InChI=1S/C24H25Cl2N5O/c1-30-10-12-31(13-11-30)16-18-4-2-7-22(28-18)29-23-15-17(8-9-27-23)14-21(32)24-19(25)5-3-6-20(24)26/h2-9,15H,10-14,16H2,1H3,(H,27,28,29). The first kappa shape index (κ1) is 22.7. The van der Waals surface area contributed by atoms with E-state index in [4.69, 9.17) is 28.2 Å². The SMILES string of the molecule is CN1CCN(Cc2cccc(Nc3cc(CC(=O)c4c(Cl)cccc4Cl)ccn3)n2)CC1. The average Bonchev–Trinajstić information content (AvgIpc) is 2.76. The van der Waals surface area contributed by atoms with Gasteiger partial charge < -0.3 is 10.2 Å². The third kappa shape index (κ3) is 5.84. The average molecular weight is 470 g/mol. The number of anilines is 2. The molecule has 4 rings (SSSR count). The summed E-state index contributed by atoms with van der Waals surface area (Å²) in [6.45, 7) is 5.06. The molecule has 1 saturated heterocycles. The van der Waals surface area contributed by atoms with Crippen LogP contribution in [0.3, 0.4) is 0 Å². The van der Waals surface area contributed by atoms with Gasteiger partial charge in [0.1, 0.15) is 11.6 Å². The number of hydrogen-bond donors (Lipinski definition) is 1. The van der Waals surface area contributed by atoms with Crippen LogP contribution >= 0.6 is 23.2 Å². The summed E-state index contributed by atoms with van der Waals surface area (Å²) in [4.78, 5) is 26.6. The molecule has 3 aromatic rings. The van der Waals surface area contributed by atoms with Gasteiger partial charge >= 0.3 is 0 Å². The summed E-state index contributed by atoms with van der Waals surface area (Å²) in [6, 6.07) is 14.7. The molecule has 166 valence electrons. The van der Waals surface area contributed by atoms with E-state index in [2.05, 4.69) is 27.1 Å². The van der Waals surface area contributed by atoms with Crippen LogP contribution in [0.4, 0.5) is 11.6 Å². The number of hydrogen-bond acceptors (Lipinski definition) is 6. The van der Waals surface area contributed by atoms with Crippen molar-refractivity contribution < 1.29 is 4.79 Å². The Hall–Kier alpha value is -2.51. The van der Waals surface area contributed by atoms with Crippen LogP contribution in [0.25, 0.3) is 0 Å². The van der Waals surface area contributed by atoms with Crippen LogP contribution in [0, 0.1) is 0 Å². The van der Waals surface area contributed by atoms with Gasteiger partial charge in [0.2, 0.25) is 0 Å². The molecule has 1 N–H and O–H groups in total. The van der Waals surface area contributed by atoms with E-state index in [0.29, 0.717) is 21.4 Å². The molecule has 0 saturated carbocycles. The number of rotatable bonds is 7. The van der Waals surface area contributed by atoms with Crippen molar-refractivity contribution in [3.05, 3.63) is 81.6 Å². The Morgan fingerprint density at radius 1 is 1.00 bits per heavy atom. The quantitative estimate of drug-likeness (QED) is 0.506. The molecular formula is C24H25Cl2N5O. The maximum atomic E-state index is 12.7. The van der Waals surface area contributed by atoms with Crippen molar-refractivity contribution in [1.29, 1.82) is 0 Å². The Morgan fingerprint density at radius 3 is 2.47 bits per heavy atom. The summed E-state index contributed by atoms with van der Waals surface area (Å²) in [5, 5.41) is 3.97. The highest BCUT2D eigenvalue weighted by molar-refractivity contribution is 6.39. The molecule has 0 amide bonds. The molecule has 0 spiro atoms. The van der Waals surface area contributed by atoms with Crippen molar-refractivity contribution >= 4 is 40.6 Å². The predicted molar refractivity (Wildman–Crippen MR) is 129 cm³/mol. The topological polar surface area (TPSA) is 61.4 Å². The second-order valence-corrected chi connectivity index (χ2v) is 8.78. The van der Waals surface area contributed by atoms with Crippen LogP contribution in [-0.4, -0.2) is 58.8 Å². The number of likely N-dealkylation sites (N-methyl/N-ethyl adjacent to an activating group) is 1. The summed E-state index contributed by atoms with van der Waals surface area (Å²) >= 11 is 12.4. The third-order valence-electron chi connectivity index (χ3n) is 5.48. The van der Waals surface area contributed by atoms with Crippen molar-refractivity contribution in [3.63, 3.8) is 0 Å². The summed E-state index contributed by atoms with van der Waals surface area (Å²) in [6.07, 6.45) is 1.85. The van der Waals surface area contributed by atoms with E-state index in [1.54, 1.807) is 24.4 Å². The molecule has 0 unspecified atom stereocenters. The lowest BCUT2D eigenvalue weighted by molar-refractivity contribution is 0.0993. The van der Waals surface area contributed by atoms with Crippen molar-refractivity contribution in [3.8, 4) is 0 Å². The Kier molecular flexibility index (Phi) is 7.37. The minimum absolute atomic E-state index is 0.134. The van der Waals surface area contributed by atoms with Crippen molar-refractivity contribution in [2.75, 3.05) is 38.5 Å². The molecule has 1 aliphatic heterocycles. The highest BCUT2D eigenvalue weighted by Gasteiger charge is 2.16. The lowest BCUT2D eigenvalue weighted by Gasteiger charge is -2.32. The zero-order chi connectivity index (χ0) is 22.5. The number of nitrogens with zero attached hydrogens (tertiary/aromatic N) is 4. The van der Waals surface area contributed by atoms with Gasteiger partial charge in [0.25, 0.3) is 0 Å². The van der Waals surface area contributed by atoms with Crippen LogP contribution in [-0.2, 0) is 13.0 Å². The molecule has 1 aromatic carbocycles. The fourth-order valence-electron chi connectivity index (χ4n) is 3.69. The Morgan fingerprint density at radius 2 is 1.72 bits per heavy atom. The smallest absolute Gasteiger partial charge is 0.170 e. The van der Waals surface area contributed by atoms with E-state index in [1.807, 2.05) is 30.3 Å². The summed E-state index contributed by atoms with van der Waals surface area (Å²) in [5.74, 6) is 1.22. The van der Waals surface area contributed by atoms with E-state index in [0.717, 1.165) is 49.8 Å². The number of carbonyl (C=O) groups is 1. The molecule has 1 fully saturated rings. The number of aromatic nitrogens is 2. The van der Waals surface area contributed by atoms with Gasteiger partial charge in [0.15, 0.2) is 5.78 Å². The molecule has 8 heteroatoms. The molecule has 2 aromatic heterocycles. The fourth-order valence-corrected chi connectivity index (χ4v) is 4.30. The zero-order valence-corrected chi connectivity index (χ0v) is 19.4. The Labute approximate surface area is 198 Å². The molecule has 0 atom stereocenters. The third-order valence-corrected chi connectivity index (χ3v) is 6.10. The van der Waals surface area contributed by atoms with E-state index in [-0.39, 0.29) is 12.2 Å². The minimum Gasteiger partial charge on any atom is -0.325 e. The summed E-state index contributed by atoms with van der Waals surface area (Å²) in [5.41, 5.74) is 2.18. The highest BCUT2D eigenvalue weighted by Crippen LogP contribution is 2.26. The minimum atomic E-state index is -0.134. The number of carbonyl (C=O) groups excluding carboxylic acids is 1. The number of Topliss-reactive ketones (excluding diaryl/α,β-unsaturated/α-hetero) is 1. The molecule has 32 heavy (non-hydrogen) atoms. The lowest BCUT2D eigenvalue weighted by atomic mass is 10.0. The summed E-state index contributed by atoms with van der Waals surface area (Å²) in [7, 11) is 2.15. The lowest BCUT2D eigenvalue weighted by Crippen LogP contribution is -2.44. The maximum Gasteiger partial charge on any atom is 0.170 e. The second kappa shape index (κ2) is 10.4.